The predicted octanol–water partition coefficient (Wildman–Crippen LogP) is 3.84. The number of amides is 1. The third-order valence-corrected chi connectivity index (χ3v) is 4.47. The van der Waals surface area contributed by atoms with Crippen LogP contribution in [0.4, 0.5) is 10.6 Å². The molecule has 0 unspecified atom stereocenters. The van der Waals surface area contributed by atoms with Crippen LogP contribution in [0, 0.1) is 6.92 Å². The zero-order valence-electron chi connectivity index (χ0n) is 13.9. The van der Waals surface area contributed by atoms with Crippen LogP contribution in [0.2, 0.25) is 0 Å². The summed E-state index contributed by atoms with van der Waals surface area (Å²) in [6.45, 7) is 3.01. The van der Waals surface area contributed by atoms with Crippen LogP contribution in [0.3, 0.4) is 0 Å². The number of carbonyl (C=O) groups excluding carboxylic acids is 1. The summed E-state index contributed by atoms with van der Waals surface area (Å²) in [7, 11) is 0. The Hall–Kier alpha value is -2.56. The molecule has 1 aliphatic heterocycles. The number of aryl methyl sites for hydroxylation is 1. The Kier molecular flexibility index (Phi) is 4.99. The Morgan fingerprint density at radius 2 is 2.12 bits per heavy atom. The number of nitrogens with zero attached hydrogens (tertiary/aromatic N) is 2. The quantitative estimate of drug-likeness (QED) is 0.931. The maximum atomic E-state index is 12.6. The highest BCUT2D eigenvalue weighted by Crippen LogP contribution is 2.33. The standard InChI is InChI=1S/C19H23N3O2/c1-14-11-18(20)21-12-16(14)17-9-5-6-10-22(17)19(23)24-13-15-7-3-2-4-8-15/h2-4,7-8,11-12,17H,5-6,9-10,13H2,1H3,(H2,20,21)/t17-/m0/s1. The normalized spacial score (nSPS) is 17.5. The van der Waals surface area contributed by atoms with Gasteiger partial charge in [-0.25, -0.2) is 9.78 Å². The van der Waals surface area contributed by atoms with Crippen LogP contribution in [0.1, 0.15) is 42.0 Å². The van der Waals surface area contributed by atoms with E-state index in [9.17, 15) is 4.79 Å². The Balaban J connectivity index is 1.73. The molecule has 1 fully saturated rings. The lowest BCUT2D eigenvalue weighted by atomic mass is 9.94. The van der Waals surface area contributed by atoms with Gasteiger partial charge >= 0.3 is 6.09 Å². The van der Waals surface area contributed by atoms with Gasteiger partial charge in [-0.2, -0.15) is 0 Å². The molecular weight excluding hydrogens is 302 g/mol. The molecule has 2 N–H and O–H groups in total. The molecule has 2 aromatic rings. The van der Waals surface area contributed by atoms with Crippen LogP contribution in [0.25, 0.3) is 0 Å². The second-order valence-corrected chi connectivity index (χ2v) is 6.21. The van der Waals surface area contributed by atoms with Gasteiger partial charge in [0.05, 0.1) is 6.04 Å². The fraction of sp³-hybridized carbons (Fsp3) is 0.368. The largest absolute Gasteiger partial charge is 0.445 e. The van der Waals surface area contributed by atoms with Crippen molar-refractivity contribution in [1.29, 1.82) is 0 Å². The van der Waals surface area contributed by atoms with Gasteiger partial charge in [0.2, 0.25) is 0 Å². The van der Waals surface area contributed by atoms with Crippen molar-refractivity contribution in [3.8, 4) is 0 Å². The average Bonchev–Trinajstić information content (AvgIpc) is 2.61. The molecule has 5 nitrogen and oxygen atoms in total. The minimum absolute atomic E-state index is 0.00937. The minimum Gasteiger partial charge on any atom is -0.445 e. The molecule has 1 aromatic carbocycles. The van der Waals surface area contributed by atoms with Gasteiger partial charge in [-0.3, -0.25) is 0 Å². The Labute approximate surface area is 142 Å². The maximum absolute atomic E-state index is 12.6. The molecule has 1 saturated heterocycles. The molecule has 1 atom stereocenters. The zero-order chi connectivity index (χ0) is 16.9. The number of nitrogen functional groups attached to an aromatic ring is 1. The van der Waals surface area contributed by atoms with E-state index in [-0.39, 0.29) is 12.1 Å². The molecule has 0 spiro atoms. The molecule has 3 rings (SSSR count). The number of likely N-dealkylation sites (tertiary alicyclic amines) is 1. The van der Waals surface area contributed by atoms with E-state index in [0.717, 1.165) is 36.0 Å². The summed E-state index contributed by atoms with van der Waals surface area (Å²) in [5.41, 5.74) is 8.86. The van der Waals surface area contributed by atoms with Crippen molar-refractivity contribution in [2.24, 2.45) is 0 Å². The lowest BCUT2D eigenvalue weighted by Gasteiger charge is -2.35. The van der Waals surface area contributed by atoms with Gasteiger partial charge in [-0.05, 0) is 48.9 Å². The predicted molar refractivity (Wildman–Crippen MR) is 93.3 cm³/mol. The molecular formula is C19H23N3O2. The number of aromatic nitrogens is 1. The van der Waals surface area contributed by atoms with Gasteiger partial charge < -0.3 is 15.4 Å². The first-order valence-electron chi connectivity index (χ1n) is 8.34. The molecule has 24 heavy (non-hydrogen) atoms. The molecule has 1 amide bonds. The van der Waals surface area contributed by atoms with Crippen molar-refractivity contribution in [2.75, 3.05) is 12.3 Å². The van der Waals surface area contributed by atoms with Crippen LogP contribution in [-0.2, 0) is 11.3 Å². The first-order valence-corrected chi connectivity index (χ1v) is 8.34. The molecule has 0 radical (unpaired) electrons. The van der Waals surface area contributed by atoms with Gasteiger partial charge in [0, 0.05) is 12.7 Å². The molecule has 1 aliphatic rings. The summed E-state index contributed by atoms with van der Waals surface area (Å²) >= 11 is 0. The molecule has 0 saturated carbocycles. The highest BCUT2D eigenvalue weighted by molar-refractivity contribution is 5.68. The van der Waals surface area contributed by atoms with Crippen molar-refractivity contribution < 1.29 is 9.53 Å². The van der Waals surface area contributed by atoms with Crippen molar-refractivity contribution in [3.05, 3.63) is 59.3 Å². The first kappa shape index (κ1) is 16.3. The number of piperidine rings is 1. The number of carbonyl (C=O) groups is 1. The van der Waals surface area contributed by atoms with E-state index < -0.39 is 0 Å². The third kappa shape index (κ3) is 3.67. The average molecular weight is 325 g/mol. The molecule has 2 heterocycles. The monoisotopic (exact) mass is 325 g/mol. The summed E-state index contributed by atoms with van der Waals surface area (Å²) in [5.74, 6) is 0.505. The number of benzene rings is 1. The molecule has 126 valence electrons. The molecule has 0 bridgehead atoms. The second-order valence-electron chi connectivity index (χ2n) is 6.21. The summed E-state index contributed by atoms with van der Waals surface area (Å²) in [5, 5.41) is 0. The summed E-state index contributed by atoms with van der Waals surface area (Å²) in [4.78, 5) is 18.6. The Bertz CT molecular complexity index is 703. The number of rotatable bonds is 3. The van der Waals surface area contributed by atoms with Gasteiger partial charge in [0.15, 0.2) is 0 Å². The van der Waals surface area contributed by atoms with Crippen LogP contribution in [0.5, 0.6) is 0 Å². The number of anilines is 1. The van der Waals surface area contributed by atoms with E-state index in [1.54, 1.807) is 6.20 Å². The number of nitrogens with two attached hydrogens (primary N) is 1. The lowest BCUT2D eigenvalue weighted by Crippen LogP contribution is -2.39. The smallest absolute Gasteiger partial charge is 0.410 e. The van der Waals surface area contributed by atoms with Crippen molar-refractivity contribution >= 4 is 11.9 Å². The van der Waals surface area contributed by atoms with E-state index in [4.69, 9.17) is 10.5 Å². The van der Waals surface area contributed by atoms with Crippen LogP contribution in [0.15, 0.2) is 42.6 Å². The highest BCUT2D eigenvalue weighted by atomic mass is 16.6. The van der Waals surface area contributed by atoms with Crippen LogP contribution < -0.4 is 5.73 Å². The fourth-order valence-electron chi connectivity index (χ4n) is 3.21. The second kappa shape index (κ2) is 7.34. The van der Waals surface area contributed by atoms with Crippen molar-refractivity contribution in [1.82, 2.24) is 9.88 Å². The lowest BCUT2D eigenvalue weighted by molar-refractivity contribution is 0.0677. The van der Waals surface area contributed by atoms with Gasteiger partial charge in [-0.15, -0.1) is 0 Å². The SMILES string of the molecule is Cc1cc(N)ncc1[C@@H]1CCCCN1C(=O)OCc1ccccc1. The van der Waals surface area contributed by atoms with Gasteiger partial charge in [0.1, 0.15) is 12.4 Å². The van der Waals surface area contributed by atoms with E-state index in [1.165, 1.54) is 0 Å². The summed E-state index contributed by atoms with van der Waals surface area (Å²) < 4.78 is 5.52. The van der Waals surface area contributed by atoms with Crippen LogP contribution in [-0.4, -0.2) is 22.5 Å². The summed E-state index contributed by atoms with van der Waals surface area (Å²) in [6, 6.07) is 11.6. The summed E-state index contributed by atoms with van der Waals surface area (Å²) in [6.07, 6.45) is 4.54. The van der Waals surface area contributed by atoms with E-state index >= 15 is 0 Å². The Morgan fingerprint density at radius 1 is 1.33 bits per heavy atom. The highest BCUT2D eigenvalue weighted by Gasteiger charge is 2.30. The number of hydrogen-bond donors (Lipinski definition) is 1. The third-order valence-electron chi connectivity index (χ3n) is 4.47. The van der Waals surface area contributed by atoms with E-state index in [0.29, 0.717) is 19.0 Å². The maximum Gasteiger partial charge on any atom is 0.410 e. The molecule has 0 aliphatic carbocycles. The van der Waals surface area contributed by atoms with Crippen molar-refractivity contribution in [3.63, 3.8) is 0 Å². The number of hydrogen-bond acceptors (Lipinski definition) is 4. The van der Waals surface area contributed by atoms with Crippen LogP contribution >= 0.6 is 0 Å². The molecule has 5 heteroatoms. The van der Waals surface area contributed by atoms with Gasteiger partial charge in [0.25, 0.3) is 0 Å². The Morgan fingerprint density at radius 3 is 2.88 bits per heavy atom. The number of ether oxygens (including phenoxy) is 1. The van der Waals surface area contributed by atoms with E-state index in [1.807, 2.05) is 48.2 Å². The fourth-order valence-corrected chi connectivity index (χ4v) is 3.21. The van der Waals surface area contributed by atoms with E-state index in [2.05, 4.69) is 4.98 Å². The zero-order valence-corrected chi connectivity index (χ0v) is 13.9. The van der Waals surface area contributed by atoms with Crippen molar-refractivity contribution in [2.45, 2.75) is 38.8 Å². The minimum atomic E-state index is -0.264. The first-order chi connectivity index (χ1) is 11.6. The molecule has 1 aromatic heterocycles. The number of pyridine rings is 1. The van der Waals surface area contributed by atoms with Gasteiger partial charge in [-0.1, -0.05) is 30.3 Å². The topological polar surface area (TPSA) is 68.5 Å².